The van der Waals surface area contributed by atoms with Gasteiger partial charge in [0.05, 0.1) is 24.2 Å². The Balaban J connectivity index is 2.17. The fourth-order valence-electron chi connectivity index (χ4n) is 1.91. The van der Waals surface area contributed by atoms with Crippen LogP contribution < -0.4 is 4.74 Å². The van der Waals surface area contributed by atoms with Crippen molar-refractivity contribution in [3.8, 4) is 11.4 Å². The standard InChI is InChI=1S/C12H11N3O3S/c1-17-12(16)8-2-3-9(15-7-13-6-14-15)10-11(8)19-5-4-18-10/h2-3,6-7H,4-5H2,1H3. The average Bonchev–Trinajstić information content (AvgIpc) is 2.99. The highest BCUT2D eigenvalue weighted by Crippen LogP contribution is 2.40. The summed E-state index contributed by atoms with van der Waals surface area (Å²) in [5.74, 6) is 1.10. The molecule has 3 rings (SSSR count). The van der Waals surface area contributed by atoms with E-state index in [1.54, 1.807) is 34.9 Å². The molecule has 19 heavy (non-hydrogen) atoms. The predicted molar refractivity (Wildman–Crippen MR) is 68.9 cm³/mol. The largest absolute Gasteiger partial charge is 0.489 e. The highest BCUT2D eigenvalue weighted by atomic mass is 32.2. The molecule has 1 aliphatic rings. The third-order valence-corrected chi connectivity index (χ3v) is 3.80. The van der Waals surface area contributed by atoms with Crippen LogP contribution in [0.5, 0.6) is 5.75 Å². The summed E-state index contributed by atoms with van der Waals surface area (Å²) in [6, 6.07) is 3.51. The van der Waals surface area contributed by atoms with Crippen molar-refractivity contribution in [3.05, 3.63) is 30.4 Å². The van der Waals surface area contributed by atoms with E-state index in [-0.39, 0.29) is 5.97 Å². The molecular weight excluding hydrogens is 266 g/mol. The van der Waals surface area contributed by atoms with E-state index in [1.165, 1.54) is 13.4 Å². The van der Waals surface area contributed by atoms with Gasteiger partial charge in [-0.25, -0.2) is 14.5 Å². The highest BCUT2D eigenvalue weighted by Gasteiger charge is 2.24. The molecule has 0 spiro atoms. The van der Waals surface area contributed by atoms with Gasteiger partial charge in [-0.05, 0) is 12.1 Å². The molecule has 2 heterocycles. The molecule has 98 valence electrons. The molecule has 0 saturated carbocycles. The molecule has 2 aromatic rings. The molecule has 0 unspecified atom stereocenters. The second kappa shape index (κ2) is 4.93. The first-order valence-corrected chi connectivity index (χ1v) is 6.65. The lowest BCUT2D eigenvalue weighted by Gasteiger charge is -2.21. The predicted octanol–water partition coefficient (Wildman–Crippen LogP) is 1.54. The molecule has 1 aliphatic heterocycles. The molecule has 0 fully saturated rings. The van der Waals surface area contributed by atoms with E-state index in [4.69, 9.17) is 9.47 Å². The number of aromatic nitrogens is 3. The topological polar surface area (TPSA) is 66.2 Å². The second-order valence-corrected chi connectivity index (χ2v) is 4.92. The Labute approximate surface area is 113 Å². The molecule has 0 saturated heterocycles. The Morgan fingerprint density at radius 1 is 1.53 bits per heavy atom. The molecule has 1 aromatic carbocycles. The van der Waals surface area contributed by atoms with E-state index in [0.29, 0.717) is 17.9 Å². The normalized spacial score (nSPS) is 13.5. The smallest absolute Gasteiger partial charge is 0.339 e. The van der Waals surface area contributed by atoms with E-state index in [1.807, 2.05) is 0 Å². The molecule has 0 bridgehead atoms. The number of esters is 1. The van der Waals surface area contributed by atoms with Crippen LogP contribution >= 0.6 is 11.8 Å². The Morgan fingerprint density at radius 2 is 2.42 bits per heavy atom. The maximum Gasteiger partial charge on any atom is 0.339 e. The molecule has 0 radical (unpaired) electrons. The minimum Gasteiger partial charge on any atom is -0.489 e. The summed E-state index contributed by atoms with van der Waals surface area (Å²) in [7, 11) is 1.37. The maximum atomic E-state index is 11.8. The number of methoxy groups -OCH3 is 1. The van der Waals surface area contributed by atoms with Gasteiger partial charge in [0.25, 0.3) is 0 Å². The molecule has 6 nitrogen and oxygen atoms in total. The summed E-state index contributed by atoms with van der Waals surface area (Å²) < 4.78 is 12.1. The third kappa shape index (κ3) is 2.06. The number of fused-ring (bicyclic) bond motifs is 1. The fourth-order valence-corrected chi connectivity index (χ4v) is 2.88. The van der Waals surface area contributed by atoms with Crippen LogP contribution in [0.4, 0.5) is 0 Å². The molecule has 0 atom stereocenters. The molecule has 0 amide bonds. The lowest BCUT2D eigenvalue weighted by atomic mass is 10.2. The van der Waals surface area contributed by atoms with E-state index < -0.39 is 0 Å². The molecule has 0 aliphatic carbocycles. The van der Waals surface area contributed by atoms with Gasteiger partial charge in [0.1, 0.15) is 18.3 Å². The van der Waals surface area contributed by atoms with Gasteiger partial charge in [-0.1, -0.05) is 0 Å². The summed E-state index contributed by atoms with van der Waals surface area (Å²) in [6.07, 6.45) is 3.05. The molecule has 1 aromatic heterocycles. The first-order valence-electron chi connectivity index (χ1n) is 5.67. The number of hydrogen-bond donors (Lipinski definition) is 0. The van der Waals surface area contributed by atoms with Gasteiger partial charge in [0.2, 0.25) is 0 Å². The molecule has 7 heteroatoms. The van der Waals surface area contributed by atoms with Gasteiger partial charge in [-0.2, -0.15) is 5.10 Å². The van der Waals surface area contributed by atoms with Gasteiger partial charge in [0, 0.05) is 5.75 Å². The van der Waals surface area contributed by atoms with E-state index in [0.717, 1.165) is 16.3 Å². The van der Waals surface area contributed by atoms with Gasteiger partial charge in [-0.15, -0.1) is 11.8 Å². The number of benzene rings is 1. The van der Waals surface area contributed by atoms with Crippen LogP contribution in [0.25, 0.3) is 5.69 Å². The van der Waals surface area contributed by atoms with Crippen molar-refractivity contribution in [1.82, 2.24) is 14.8 Å². The first kappa shape index (κ1) is 12.0. The Morgan fingerprint density at radius 3 is 3.16 bits per heavy atom. The van der Waals surface area contributed by atoms with Crippen molar-refractivity contribution in [2.24, 2.45) is 0 Å². The summed E-state index contributed by atoms with van der Waals surface area (Å²) >= 11 is 1.58. The summed E-state index contributed by atoms with van der Waals surface area (Å²) in [5.41, 5.74) is 1.29. The fraction of sp³-hybridized carbons (Fsp3) is 0.250. The van der Waals surface area contributed by atoms with E-state index >= 15 is 0 Å². The van der Waals surface area contributed by atoms with Crippen molar-refractivity contribution in [3.63, 3.8) is 0 Å². The number of carbonyl (C=O) groups excluding carboxylic acids is 1. The molecule has 0 N–H and O–H groups in total. The number of thioether (sulfide) groups is 1. The monoisotopic (exact) mass is 277 g/mol. The van der Waals surface area contributed by atoms with Crippen LogP contribution in [0.15, 0.2) is 29.7 Å². The zero-order valence-electron chi connectivity index (χ0n) is 10.2. The summed E-state index contributed by atoms with van der Waals surface area (Å²) in [6.45, 7) is 0.601. The van der Waals surface area contributed by atoms with Crippen molar-refractivity contribution in [2.75, 3.05) is 19.5 Å². The SMILES string of the molecule is COC(=O)c1ccc(-n2cncn2)c2c1SCCO2. The van der Waals surface area contributed by atoms with Crippen LogP contribution in [0.2, 0.25) is 0 Å². The van der Waals surface area contributed by atoms with E-state index in [9.17, 15) is 4.79 Å². The Hall–Kier alpha value is -2.02. The van der Waals surface area contributed by atoms with Crippen molar-refractivity contribution in [2.45, 2.75) is 4.90 Å². The lowest BCUT2D eigenvalue weighted by Crippen LogP contribution is -2.14. The third-order valence-electron chi connectivity index (χ3n) is 2.74. The molecular formula is C12H11N3O3S. The van der Waals surface area contributed by atoms with Crippen LogP contribution in [0, 0.1) is 0 Å². The van der Waals surface area contributed by atoms with Gasteiger partial charge >= 0.3 is 5.97 Å². The van der Waals surface area contributed by atoms with Crippen LogP contribution in [-0.2, 0) is 4.74 Å². The minimum atomic E-state index is -0.362. The Bertz CT molecular complexity index is 613. The maximum absolute atomic E-state index is 11.8. The highest BCUT2D eigenvalue weighted by molar-refractivity contribution is 7.99. The number of ether oxygens (including phenoxy) is 2. The van der Waals surface area contributed by atoms with Gasteiger partial charge < -0.3 is 9.47 Å². The average molecular weight is 277 g/mol. The number of nitrogens with zero attached hydrogens (tertiary/aromatic N) is 3. The minimum absolute atomic E-state index is 0.362. The van der Waals surface area contributed by atoms with Crippen LogP contribution in [-0.4, -0.2) is 40.2 Å². The van der Waals surface area contributed by atoms with Crippen molar-refractivity contribution in [1.29, 1.82) is 0 Å². The number of hydrogen-bond acceptors (Lipinski definition) is 6. The van der Waals surface area contributed by atoms with E-state index in [2.05, 4.69) is 10.1 Å². The number of carbonyl (C=O) groups is 1. The zero-order valence-corrected chi connectivity index (χ0v) is 11.0. The van der Waals surface area contributed by atoms with Crippen molar-refractivity contribution >= 4 is 17.7 Å². The van der Waals surface area contributed by atoms with Crippen LogP contribution in [0.3, 0.4) is 0 Å². The number of rotatable bonds is 2. The summed E-state index contributed by atoms with van der Waals surface area (Å²) in [5, 5.41) is 4.09. The second-order valence-electron chi connectivity index (χ2n) is 3.82. The zero-order chi connectivity index (χ0) is 13.2. The Kier molecular flexibility index (Phi) is 3.12. The van der Waals surface area contributed by atoms with Crippen molar-refractivity contribution < 1.29 is 14.3 Å². The van der Waals surface area contributed by atoms with Gasteiger partial charge in [-0.3, -0.25) is 0 Å². The quantitative estimate of drug-likeness (QED) is 0.776. The van der Waals surface area contributed by atoms with Crippen LogP contribution in [0.1, 0.15) is 10.4 Å². The van der Waals surface area contributed by atoms with Gasteiger partial charge in [0.15, 0.2) is 5.75 Å². The first-order chi connectivity index (χ1) is 9.31. The summed E-state index contributed by atoms with van der Waals surface area (Å²) in [4.78, 5) is 16.5. The lowest BCUT2D eigenvalue weighted by molar-refractivity contribution is 0.0595.